The summed E-state index contributed by atoms with van der Waals surface area (Å²) in [5, 5.41) is 11.5. The minimum Gasteiger partial charge on any atom is -0.399 e. The maximum absolute atomic E-state index is 5.95. The van der Waals surface area contributed by atoms with Gasteiger partial charge in [-0.2, -0.15) is 4.68 Å². The molecule has 0 spiro atoms. The first-order valence-corrected chi connectivity index (χ1v) is 4.42. The normalized spacial score (nSPS) is 10.4. The summed E-state index contributed by atoms with van der Waals surface area (Å²) >= 11 is 11.9. The van der Waals surface area contributed by atoms with E-state index in [1.807, 2.05) is 0 Å². The molecule has 1 aromatic heterocycles. The second-order valence-electron chi connectivity index (χ2n) is 2.59. The largest absolute Gasteiger partial charge is 0.399 e. The fraction of sp³-hybridized carbons (Fsp3) is 0. The number of hydrogen-bond donors (Lipinski definition) is 1. The van der Waals surface area contributed by atoms with Crippen LogP contribution in [0.1, 0.15) is 0 Å². The fourth-order valence-corrected chi connectivity index (χ4v) is 1.74. The van der Waals surface area contributed by atoms with E-state index in [0.29, 0.717) is 21.4 Å². The molecule has 0 atom stereocenters. The van der Waals surface area contributed by atoms with Crippen molar-refractivity contribution in [2.45, 2.75) is 0 Å². The lowest BCUT2D eigenvalue weighted by Crippen LogP contribution is -1.98. The van der Waals surface area contributed by atoms with Crippen LogP contribution in [0.5, 0.6) is 0 Å². The molecular weight excluding hydrogens is 225 g/mol. The van der Waals surface area contributed by atoms with Crippen molar-refractivity contribution in [1.82, 2.24) is 20.2 Å². The van der Waals surface area contributed by atoms with Crippen LogP contribution in [0.15, 0.2) is 18.5 Å². The Morgan fingerprint density at radius 3 is 2.36 bits per heavy atom. The predicted molar refractivity (Wildman–Crippen MR) is 53.6 cm³/mol. The average molecular weight is 230 g/mol. The van der Waals surface area contributed by atoms with E-state index in [1.54, 1.807) is 12.1 Å². The number of aromatic nitrogens is 4. The molecule has 0 amide bonds. The van der Waals surface area contributed by atoms with Gasteiger partial charge in [0.25, 0.3) is 0 Å². The zero-order valence-electron chi connectivity index (χ0n) is 6.85. The molecule has 2 N–H and O–H groups in total. The van der Waals surface area contributed by atoms with Crippen LogP contribution < -0.4 is 5.73 Å². The van der Waals surface area contributed by atoms with Gasteiger partial charge in [-0.15, -0.1) is 5.10 Å². The number of halogens is 2. The molecule has 0 aliphatic rings. The SMILES string of the molecule is Nc1cc(Cl)c(-n2cnnn2)c(Cl)c1. The van der Waals surface area contributed by atoms with Crippen molar-refractivity contribution in [2.75, 3.05) is 5.73 Å². The van der Waals surface area contributed by atoms with E-state index in [1.165, 1.54) is 11.0 Å². The molecule has 0 bridgehead atoms. The highest BCUT2D eigenvalue weighted by molar-refractivity contribution is 6.38. The zero-order valence-corrected chi connectivity index (χ0v) is 8.37. The van der Waals surface area contributed by atoms with Crippen LogP contribution in [-0.2, 0) is 0 Å². The molecule has 2 aromatic rings. The van der Waals surface area contributed by atoms with E-state index in [2.05, 4.69) is 15.5 Å². The summed E-state index contributed by atoms with van der Waals surface area (Å²) in [6.45, 7) is 0. The molecule has 0 saturated carbocycles. The number of rotatable bonds is 1. The van der Waals surface area contributed by atoms with Gasteiger partial charge in [-0.05, 0) is 22.6 Å². The molecule has 1 heterocycles. The van der Waals surface area contributed by atoms with E-state index in [9.17, 15) is 0 Å². The van der Waals surface area contributed by atoms with Gasteiger partial charge in [0.05, 0.1) is 10.0 Å². The van der Waals surface area contributed by atoms with Crippen molar-refractivity contribution in [2.24, 2.45) is 0 Å². The number of tetrazole rings is 1. The Morgan fingerprint density at radius 1 is 1.21 bits per heavy atom. The minimum atomic E-state index is 0.405. The first-order valence-electron chi connectivity index (χ1n) is 3.66. The molecule has 2 rings (SSSR count). The number of nitrogens with zero attached hydrogens (tertiary/aromatic N) is 4. The van der Waals surface area contributed by atoms with Crippen molar-refractivity contribution in [3.8, 4) is 5.69 Å². The topological polar surface area (TPSA) is 69.6 Å². The monoisotopic (exact) mass is 229 g/mol. The first kappa shape index (κ1) is 9.23. The molecule has 0 radical (unpaired) electrons. The Balaban J connectivity index is 2.64. The lowest BCUT2D eigenvalue weighted by Gasteiger charge is -2.05. The van der Waals surface area contributed by atoms with Crippen molar-refractivity contribution < 1.29 is 0 Å². The van der Waals surface area contributed by atoms with Crippen LogP contribution in [0.25, 0.3) is 5.69 Å². The van der Waals surface area contributed by atoms with Gasteiger partial charge in [-0.1, -0.05) is 23.2 Å². The summed E-state index contributed by atoms with van der Waals surface area (Å²) in [7, 11) is 0. The van der Waals surface area contributed by atoms with Crippen LogP contribution in [0.4, 0.5) is 5.69 Å². The third-order valence-electron chi connectivity index (χ3n) is 1.62. The molecular formula is C7H5Cl2N5. The number of nitrogens with two attached hydrogens (primary N) is 1. The smallest absolute Gasteiger partial charge is 0.144 e. The van der Waals surface area contributed by atoms with Gasteiger partial charge >= 0.3 is 0 Å². The van der Waals surface area contributed by atoms with Crippen LogP contribution in [0.2, 0.25) is 10.0 Å². The van der Waals surface area contributed by atoms with E-state index >= 15 is 0 Å². The number of hydrogen-bond acceptors (Lipinski definition) is 4. The summed E-state index contributed by atoms with van der Waals surface area (Å²) in [6.07, 6.45) is 1.41. The summed E-state index contributed by atoms with van der Waals surface area (Å²) in [5.74, 6) is 0. The molecule has 7 heteroatoms. The lowest BCUT2D eigenvalue weighted by atomic mass is 10.3. The summed E-state index contributed by atoms with van der Waals surface area (Å²) in [4.78, 5) is 0. The summed E-state index contributed by atoms with van der Waals surface area (Å²) in [6, 6.07) is 3.18. The lowest BCUT2D eigenvalue weighted by molar-refractivity contribution is 0.789. The maximum atomic E-state index is 5.95. The van der Waals surface area contributed by atoms with Gasteiger partial charge in [0.1, 0.15) is 12.0 Å². The standard InChI is InChI=1S/C7H5Cl2N5/c8-5-1-4(10)2-6(9)7(5)14-3-11-12-13-14/h1-3H,10H2. The molecule has 0 aliphatic heterocycles. The van der Waals surface area contributed by atoms with Crippen molar-refractivity contribution in [3.63, 3.8) is 0 Å². The summed E-state index contributed by atoms with van der Waals surface area (Å²) < 4.78 is 1.38. The quantitative estimate of drug-likeness (QED) is 0.754. The van der Waals surface area contributed by atoms with E-state index in [4.69, 9.17) is 28.9 Å². The Bertz CT molecular complexity index is 430. The van der Waals surface area contributed by atoms with E-state index < -0.39 is 0 Å². The second-order valence-corrected chi connectivity index (χ2v) is 3.40. The zero-order chi connectivity index (χ0) is 10.1. The Morgan fingerprint density at radius 2 is 1.86 bits per heavy atom. The minimum absolute atomic E-state index is 0.405. The van der Waals surface area contributed by atoms with Crippen LogP contribution >= 0.6 is 23.2 Å². The van der Waals surface area contributed by atoms with Gasteiger partial charge in [0.15, 0.2) is 0 Å². The highest BCUT2D eigenvalue weighted by atomic mass is 35.5. The first-order chi connectivity index (χ1) is 6.68. The Kier molecular flexibility index (Phi) is 2.26. The average Bonchev–Trinajstić information content (AvgIpc) is 2.54. The highest BCUT2D eigenvalue weighted by Gasteiger charge is 2.10. The molecule has 0 unspecified atom stereocenters. The van der Waals surface area contributed by atoms with E-state index in [0.717, 1.165) is 0 Å². The van der Waals surface area contributed by atoms with E-state index in [-0.39, 0.29) is 0 Å². The number of benzene rings is 1. The predicted octanol–water partition coefficient (Wildman–Crippen LogP) is 1.55. The van der Waals surface area contributed by atoms with Crippen LogP contribution in [0, 0.1) is 0 Å². The molecule has 1 aromatic carbocycles. The maximum Gasteiger partial charge on any atom is 0.144 e. The molecule has 5 nitrogen and oxygen atoms in total. The summed E-state index contributed by atoms with van der Waals surface area (Å²) in [5.41, 5.74) is 6.57. The highest BCUT2D eigenvalue weighted by Crippen LogP contribution is 2.30. The van der Waals surface area contributed by atoms with Gasteiger partial charge in [0, 0.05) is 5.69 Å². The van der Waals surface area contributed by atoms with Crippen molar-refractivity contribution in [1.29, 1.82) is 0 Å². The number of nitrogen functional groups attached to an aromatic ring is 1. The third-order valence-corrected chi connectivity index (χ3v) is 2.19. The Hall–Kier alpha value is -1.33. The Labute approximate surface area is 89.4 Å². The molecule has 0 fully saturated rings. The van der Waals surface area contributed by atoms with Gasteiger partial charge in [0.2, 0.25) is 0 Å². The van der Waals surface area contributed by atoms with Crippen LogP contribution in [0.3, 0.4) is 0 Å². The molecule has 14 heavy (non-hydrogen) atoms. The van der Waals surface area contributed by atoms with Gasteiger partial charge < -0.3 is 5.73 Å². The van der Waals surface area contributed by atoms with Gasteiger partial charge in [-0.3, -0.25) is 0 Å². The van der Waals surface area contributed by atoms with Crippen molar-refractivity contribution in [3.05, 3.63) is 28.5 Å². The fourth-order valence-electron chi connectivity index (χ4n) is 1.07. The second kappa shape index (κ2) is 3.43. The number of anilines is 1. The third kappa shape index (κ3) is 1.51. The van der Waals surface area contributed by atoms with Gasteiger partial charge in [-0.25, -0.2) is 0 Å². The molecule has 0 saturated heterocycles. The van der Waals surface area contributed by atoms with Crippen LogP contribution in [-0.4, -0.2) is 20.2 Å². The molecule has 0 aliphatic carbocycles. The molecule has 72 valence electrons. The van der Waals surface area contributed by atoms with Crippen molar-refractivity contribution >= 4 is 28.9 Å².